The number of halogens is 1. The monoisotopic (exact) mass is 578 g/mol. The van der Waals surface area contributed by atoms with E-state index in [2.05, 4.69) is 27.6 Å². The molecule has 4 atom stereocenters. The summed E-state index contributed by atoms with van der Waals surface area (Å²) in [5.41, 5.74) is 2.13. The molecule has 8 heteroatoms. The second kappa shape index (κ2) is 11.5. The number of aromatic nitrogens is 2. The fraction of sp³-hybridized carbons (Fsp3) is 0.360. The van der Waals surface area contributed by atoms with E-state index in [9.17, 15) is 9.59 Å². The Morgan fingerprint density at radius 1 is 1.00 bits per heavy atom. The highest BCUT2D eigenvalue weighted by atomic mass is 127. The van der Waals surface area contributed by atoms with Crippen molar-refractivity contribution in [2.24, 2.45) is 0 Å². The standard InChI is InChI=1S/C25H27IN2O4S/c1-2-19-13-28(25(30)27-23(19)29)24-21(26)22(32-15-18-11-7-4-8-12-18)20(33-24)16-31-14-17-9-5-3-6-10-17/h3-13,20-22,24H,2,14-16H2,1H3,(H,27,29,30)/t20-,21-,22+,24-/m0/s1. The van der Waals surface area contributed by atoms with Crippen molar-refractivity contribution in [2.75, 3.05) is 6.61 Å². The van der Waals surface area contributed by atoms with E-state index in [1.54, 1.807) is 22.5 Å². The van der Waals surface area contributed by atoms with E-state index in [0.29, 0.717) is 31.8 Å². The predicted molar refractivity (Wildman–Crippen MR) is 140 cm³/mol. The molecule has 1 fully saturated rings. The second-order valence-electron chi connectivity index (χ2n) is 7.95. The summed E-state index contributed by atoms with van der Waals surface area (Å²) in [6, 6.07) is 20.1. The first kappa shape index (κ1) is 24.3. The number of aryl methyl sites for hydroxylation is 1. The van der Waals surface area contributed by atoms with Gasteiger partial charge in [-0.15, -0.1) is 11.8 Å². The molecule has 0 spiro atoms. The van der Waals surface area contributed by atoms with Crippen molar-refractivity contribution in [1.82, 2.24) is 9.55 Å². The van der Waals surface area contributed by atoms with Crippen molar-refractivity contribution in [3.63, 3.8) is 0 Å². The Hall–Kier alpha value is -1.88. The summed E-state index contributed by atoms with van der Waals surface area (Å²) in [6.07, 6.45) is 2.16. The van der Waals surface area contributed by atoms with Crippen molar-refractivity contribution < 1.29 is 9.47 Å². The second-order valence-corrected chi connectivity index (χ2v) is 10.7. The van der Waals surface area contributed by atoms with Gasteiger partial charge >= 0.3 is 5.69 Å². The third-order valence-electron chi connectivity index (χ3n) is 5.64. The average Bonchev–Trinajstić information content (AvgIpc) is 3.14. The van der Waals surface area contributed by atoms with Gasteiger partial charge in [0, 0.05) is 11.8 Å². The number of rotatable bonds is 9. The van der Waals surface area contributed by atoms with Crippen LogP contribution < -0.4 is 11.2 Å². The number of benzene rings is 2. The van der Waals surface area contributed by atoms with Crippen LogP contribution in [0.4, 0.5) is 0 Å². The molecule has 0 radical (unpaired) electrons. The maximum Gasteiger partial charge on any atom is 0.329 e. The van der Waals surface area contributed by atoms with Gasteiger partial charge in [0.2, 0.25) is 0 Å². The minimum atomic E-state index is -0.385. The summed E-state index contributed by atoms with van der Waals surface area (Å²) >= 11 is 4.05. The fourth-order valence-electron chi connectivity index (χ4n) is 3.85. The van der Waals surface area contributed by atoms with E-state index in [4.69, 9.17) is 9.47 Å². The van der Waals surface area contributed by atoms with Crippen LogP contribution in [0.15, 0.2) is 76.4 Å². The first-order valence-electron chi connectivity index (χ1n) is 11.0. The largest absolute Gasteiger partial charge is 0.376 e. The molecule has 33 heavy (non-hydrogen) atoms. The Morgan fingerprint density at radius 3 is 2.27 bits per heavy atom. The molecular weight excluding hydrogens is 551 g/mol. The van der Waals surface area contributed by atoms with E-state index in [0.717, 1.165) is 11.1 Å². The van der Waals surface area contributed by atoms with Crippen LogP contribution in [0, 0.1) is 0 Å². The van der Waals surface area contributed by atoms with Gasteiger partial charge in [-0.05, 0) is 17.5 Å². The van der Waals surface area contributed by atoms with Crippen LogP contribution in [0.1, 0.15) is 29.0 Å². The molecule has 0 bridgehead atoms. The smallest absolute Gasteiger partial charge is 0.329 e. The number of aromatic amines is 1. The van der Waals surface area contributed by atoms with Crippen molar-refractivity contribution >= 4 is 34.4 Å². The van der Waals surface area contributed by atoms with Crippen LogP contribution in [0.25, 0.3) is 0 Å². The van der Waals surface area contributed by atoms with Crippen molar-refractivity contribution in [3.05, 3.63) is 104 Å². The van der Waals surface area contributed by atoms with Crippen LogP contribution in [0.2, 0.25) is 0 Å². The Kier molecular flexibility index (Phi) is 8.45. The number of thioether (sulfide) groups is 1. The van der Waals surface area contributed by atoms with E-state index in [-0.39, 0.29) is 31.9 Å². The normalized spacial score (nSPS) is 22.5. The number of hydrogen-bond donors (Lipinski definition) is 1. The first-order valence-corrected chi connectivity index (χ1v) is 13.2. The van der Waals surface area contributed by atoms with E-state index in [1.807, 2.05) is 67.6 Å². The summed E-state index contributed by atoms with van der Waals surface area (Å²) < 4.78 is 14.1. The van der Waals surface area contributed by atoms with E-state index < -0.39 is 0 Å². The van der Waals surface area contributed by atoms with Gasteiger partial charge in [-0.1, -0.05) is 90.2 Å². The number of hydrogen-bond acceptors (Lipinski definition) is 5. The molecule has 0 aliphatic carbocycles. The van der Waals surface area contributed by atoms with Gasteiger partial charge in [0.1, 0.15) is 0 Å². The quantitative estimate of drug-likeness (QED) is 0.303. The molecule has 0 unspecified atom stereocenters. The number of nitrogens with one attached hydrogen (secondary N) is 1. The maximum atomic E-state index is 12.7. The zero-order valence-electron chi connectivity index (χ0n) is 18.4. The third kappa shape index (κ3) is 5.98. The Bertz CT molecular complexity index is 1150. The van der Waals surface area contributed by atoms with Gasteiger partial charge < -0.3 is 9.47 Å². The molecule has 1 N–H and O–H groups in total. The lowest BCUT2D eigenvalue weighted by Gasteiger charge is -2.22. The van der Waals surface area contributed by atoms with Gasteiger partial charge in [0.25, 0.3) is 5.56 Å². The Balaban J connectivity index is 1.53. The average molecular weight is 578 g/mol. The molecule has 174 valence electrons. The van der Waals surface area contributed by atoms with Gasteiger partial charge in [0.05, 0.1) is 40.5 Å². The SMILES string of the molecule is CCc1cn([C@H]2S[C@@H](COCc3ccccc3)[C@@H](OCc3ccccc3)[C@@H]2I)c(=O)[nH]c1=O. The summed E-state index contributed by atoms with van der Waals surface area (Å²) in [7, 11) is 0. The molecule has 0 amide bonds. The molecule has 1 aliphatic heterocycles. The molecule has 3 aromatic rings. The first-order chi connectivity index (χ1) is 16.1. The maximum absolute atomic E-state index is 12.7. The third-order valence-corrected chi connectivity index (χ3v) is 9.07. The molecular formula is C25H27IN2O4S. The molecule has 2 heterocycles. The fourth-order valence-corrected chi connectivity index (χ4v) is 7.23. The summed E-state index contributed by atoms with van der Waals surface area (Å²) in [6.45, 7) is 3.44. The van der Waals surface area contributed by atoms with Gasteiger partial charge in [0.15, 0.2) is 0 Å². The molecule has 6 nitrogen and oxygen atoms in total. The van der Waals surface area contributed by atoms with Crippen LogP contribution in [-0.2, 0) is 29.1 Å². The lowest BCUT2D eigenvalue weighted by molar-refractivity contribution is 0.0190. The summed E-state index contributed by atoms with van der Waals surface area (Å²) in [5, 5.41) is -0.112. The van der Waals surface area contributed by atoms with Crippen molar-refractivity contribution in [3.8, 4) is 0 Å². The van der Waals surface area contributed by atoms with E-state index in [1.165, 1.54) is 0 Å². The highest BCUT2D eigenvalue weighted by Gasteiger charge is 2.45. The Labute approximate surface area is 210 Å². The van der Waals surface area contributed by atoms with Gasteiger partial charge in [-0.25, -0.2) is 4.79 Å². The molecule has 1 aromatic heterocycles. The van der Waals surface area contributed by atoms with Gasteiger partial charge in [-0.3, -0.25) is 14.3 Å². The highest BCUT2D eigenvalue weighted by molar-refractivity contribution is 14.1. The summed E-state index contributed by atoms with van der Waals surface area (Å²) in [5.74, 6) is 0. The summed E-state index contributed by atoms with van der Waals surface area (Å²) in [4.78, 5) is 27.2. The number of alkyl halides is 1. The Morgan fingerprint density at radius 2 is 1.64 bits per heavy atom. The zero-order chi connectivity index (χ0) is 23.2. The number of nitrogens with zero attached hydrogens (tertiary/aromatic N) is 1. The molecule has 1 aliphatic rings. The van der Waals surface area contributed by atoms with Crippen molar-refractivity contribution in [1.29, 1.82) is 0 Å². The molecule has 2 aromatic carbocycles. The molecule has 4 rings (SSSR count). The van der Waals surface area contributed by atoms with Crippen LogP contribution in [0.5, 0.6) is 0 Å². The zero-order valence-corrected chi connectivity index (χ0v) is 21.3. The predicted octanol–water partition coefficient (Wildman–Crippen LogP) is 4.32. The topological polar surface area (TPSA) is 73.3 Å². The molecule has 0 saturated carbocycles. The van der Waals surface area contributed by atoms with Crippen LogP contribution in [0.3, 0.4) is 0 Å². The van der Waals surface area contributed by atoms with Gasteiger partial charge in [-0.2, -0.15) is 0 Å². The highest BCUT2D eigenvalue weighted by Crippen LogP contribution is 2.47. The number of H-pyrrole nitrogens is 1. The number of ether oxygens (including phenoxy) is 2. The minimum Gasteiger partial charge on any atom is -0.376 e. The van der Waals surface area contributed by atoms with Crippen LogP contribution >= 0.6 is 34.4 Å². The lowest BCUT2D eigenvalue weighted by atomic mass is 10.1. The molecule has 1 saturated heterocycles. The lowest BCUT2D eigenvalue weighted by Crippen LogP contribution is -2.37. The van der Waals surface area contributed by atoms with Crippen LogP contribution in [-0.4, -0.2) is 31.4 Å². The minimum absolute atomic E-state index is 0.0231. The van der Waals surface area contributed by atoms with Crippen molar-refractivity contribution in [2.45, 2.75) is 47.2 Å². The van der Waals surface area contributed by atoms with E-state index >= 15 is 0 Å².